The zero-order chi connectivity index (χ0) is 18.0. The van der Waals surface area contributed by atoms with Gasteiger partial charge >= 0.3 is 5.97 Å². The van der Waals surface area contributed by atoms with Crippen LogP contribution in [0.4, 0.5) is 5.69 Å². The summed E-state index contributed by atoms with van der Waals surface area (Å²) in [6.07, 6.45) is 1.85. The number of esters is 1. The lowest BCUT2D eigenvalue weighted by Gasteiger charge is -2.27. The van der Waals surface area contributed by atoms with E-state index in [1.54, 1.807) is 31.2 Å². The summed E-state index contributed by atoms with van der Waals surface area (Å²) in [5.41, 5.74) is 2.04. The number of ether oxygens (including phenoxy) is 2. The number of nitrogens with zero attached hydrogens (tertiary/aromatic N) is 1. The summed E-state index contributed by atoms with van der Waals surface area (Å²) < 4.78 is 9.88. The minimum atomic E-state index is -0.423. The van der Waals surface area contributed by atoms with Crippen LogP contribution in [0.2, 0.25) is 0 Å². The van der Waals surface area contributed by atoms with Crippen LogP contribution in [-0.2, 0) is 9.53 Å². The maximum absolute atomic E-state index is 12.7. The smallest absolute Gasteiger partial charge is 0.337 e. The molecule has 128 valence electrons. The third kappa shape index (κ3) is 3.39. The molecule has 0 radical (unpaired) electrons. The summed E-state index contributed by atoms with van der Waals surface area (Å²) in [7, 11) is 4.65. The molecule has 2 aromatic rings. The minimum Gasteiger partial charge on any atom is -0.497 e. The molecule has 1 amide bonds. The maximum Gasteiger partial charge on any atom is 0.337 e. The van der Waals surface area contributed by atoms with Crippen molar-refractivity contribution in [1.29, 1.82) is 0 Å². The number of thioether (sulfide) groups is 1. The van der Waals surface area contributed by atoms with Crippen molar-refractivity contribution >= 4 is 35.4 Å². The Kier molecular flexibility index (Phi) is 4.81. The molecule has 0 fully saturated rings. The summed E-state index contributed by atoms with van der Waals surface area (Å²) in [5.74, 6) is 0.228. The van der Waals surface area contributed by atoms with Crippen molar-refractivity contribution in [3.05, 3.63) is 58.5 Å². The van der Waals surface area contributed by atoms with Gasteiger partial charge in [0.15, 0.2) is 0 Å². The molecular formula is C19H17NO4S. The van der Waals surface area contributed by atoms with Crippen LogP contribution in [0.5, 0.6) is 5.75 Å². The number of benzene rings is 2. The highest BCUT2D eigenvalue weighted by molar-refractivity contribution is 8.04. The molecule has 0 saturated heterocycles. The van der Waals surface area contributed by atoms with Gasteiger partial charge in [-0.1, -0.05) is 23.9 Å². The predicted molar refractivity (Wildman–Crippen MR) is 98.0 cm³/mol. The average molecular weight is 355 g/mol. The fourth-order valence-corrected chi connectivity index (χ4v) is 3.58. The summed E-state index contributed by atoms with van der Waals surface area (Å²) in [5, 5.41) is 0. The van der Waals surface area contributed by atoms with Gasteiger partial charge in [0.1, 0.15) is 5.75 Å². The Balaban J connectivity index is 1.94. The molecule has 5 nitrogen and oxygen atoms in total. The standard InChI is InChI=1S/C19H17NO4S/c1-20-15-11-13(19(22)24-3)6-9-16(15)25-17(18(20)21)10-12-4-7-14(23-2)8-5-12/h4-11H,1-3H3/b17-10-. The molecule has 0 atom stereocenters. The SMILES string of the molecule is COC(=O)c1ccc2c(c1)N(C)C(=O)/C(=C/c1ccc(OC)cc1)S2. The number of hydrogen-bond acceptors (Lipinski definition) is 5. The molecule has 1 heterocycles. The zero-order valence-corrected chi connectivity index (χ0v) is 14.9. The Morgan fingerprint density at radius 2 is 1.84 bits per heavy atom. The Hall–Kier alpha value is -2.73. The van der Waals surface area contributed by atoms with E-state index in [1.165, 1.54) is 18.9 Å². The van der Waals surface area contributed by atoms with E-state index in [2.05, 4.69) is 0 Å². The third-order valence-electron chi connectivity index (χ3n) is 3.89. The Labute approximate surface area is 150 Å². The van der Waals surface area contributed by atoms with Gasteiger partial charge in [0.25, 0.3) is 5.91 Å². The molecule has 2 aromatic carbocycles. The van der Waals surface area contributed by atoms with Crippen LogP contribution in [0.1, 0.15) is 15.9 Å². The van der Waals surface area contributed by atoms with Gasteiger partial charge in [0.05, 0.1) is 30.4 Å². The quantitative estimate of drug-likeness (QED) is 0.622. The lowest BCUT2D eigenvalue weighted by atomic mass is 10.1. The van der Waals surface area contributed by atoms with E-state index in [-0.39, 0.29) is 5.91 Å². The first-order valence-electron chi connectivity index (χ1n) is 7.57. The van der Waals surface area contributed by atoms with Gasteiger partial charge in [-0.15, -0.1) is 0 Å². The highest BCUT2D eigenvalue weighted by Gasteiger charge is 2.27. The van der Waals surface area contributed by atoms with E-state index in [0.29, 0.717) is 16.2 Å². The average Bonchev–Trinajstić information content (AvgIpc) is 2.65. The van der Waals surface area contributed by atoms with E-state index in [1.807, 2.05) is 36.4 Å². The van der Waals surface area contributed by atoms with Crippen LogP contribution in [-0.4, -0.2) is 33.1 Å². The second-order valence-corrected chi connectivity index (χ2v) is 6.51. The van der Waals surface area contributed by atoms with Gasteiger partial charge in [-0.25, -0.2) is 4.79 Å². The van der Waals surface area contributed by atoms with E-state index in [9.17, 15) is 9.59 Å². The fourth-order valence-electron chi connectivity index (χ4n) is 2.49. The van der Waals surface area contributed by atoms with Gasteiger partial charge in [-0.3, -0.25) is 4.79 Å². The second-order valence-electron chi connectivity index (χ2n) is 5.42. The highest BCUT2D eigenvalue weighted by Crippen LogP contribution is 2.42. The van der Waals surface area contributed by atoms with Crippen LogP contribution in [0, 0.1) is 0 Å². The van der Waals surface area contributed by atoms with Crippen LogP contribution in [0.3, 0.4) is 0 Å². The molecule has 3 rings (SSSR count). The van der Waals surface area contributed by atoms with Crippen molar-refractivity contribution in [2.45, 2.75) is 4.90 Å². The van der Waals surface area contributed by atoms with Crippen LogP contribution < -0.4 is 9.64 Å². The number of anilines is 1. The molecule has 6 heteroatoms. The molecule has 0 spiro atoms. The van der Waals surface area contributed by atoms with E-state index < -0.39 is 5.97 Å². The van der Waals surface area contributed by atoms with Crippen LogP contribution in [0.15, 0.2) is 52.3 Å². The molecule has 1 aliphatic rings. The molecule has 0 unspecified atom stereocenters. The Bertz CT molecular complexity index is 858. The normalized spacial score (nSPS) is 15.1. The largest absolute Gasteiger partial charge is 0.497 e. The molecule has 1 aliphatic heterocycles. The van der Waals surface area contributed by atoms with Crippen LogP contribution in [0.25, 0.3) is 6.08 Å². The van der Waals surface area contributed by atoms with E-state index >= 15 is 0 Å². The lowest BCUT2D eigenvalue weighted by molar-refractivity contribution is -0.114. The first kappa shape index (κ1) is 17.1. The number of carbonyl (C=O) groups excluding carboxylic acids is 2. The molecule has 0 bridgehead atoms. The van der Waals surface area contributed by atoms with Crippen molar-refractivity contribution in [2.24, 2.45) is 0 Å². The first-order chi connectivity index (χ1) is 12.0. The first-order valence-corrected chi connectivity index (χ1v) is 8.39. The zero-order valence-electron chi connectivity index (χ0n) is 14.1. The Morgan fingerprint density at radius 3 is 2.48 bits per heavy atom. The van der Waals surface area contributed by atoms with Gasteiger partial charge in [0.2, 0.25) is 0 Å². The third-order valence-corrected chi connectivity index (χ3v) is 4.97. The van der Waals surface area contributed by atoms with Gasteiger partial charge < -0.3 is 14.4 Å². The van der Waals surface area contributed by atoms with Gasteiger partial charge in [-0.05, 0) is 42.0 Å². The van der Waals surface area contributed by atoms with E-state index in [0.717, 1.165) is 16.2 Å². The van der Waals surface area contributed by atoms with Crippen molar-refractivity contribution in [3.8, 4) is 5.75 Å². The molecule has 0 aliphatic carbocycles. The van der Waals surface area contributed by atoms with Crippen LogP contribution >= 0.6 is 11.8 Å². The number of methoxy groups -OCH3 is 2. The predicted octanol–water partition coefficient (Wildman–Crippen LogP) is 3.59. The lowest BCUT2D eigenvalue weighted by Crippen LogP contribution is -2.30. The number of fused-ring (bicyclic) bond motifs is 1. The fraction of sp³-hybridized carbons (Fsp3) is 0.158. The highest BCUT2D eigenvalue weighted by atomic mass is 32.2. The number of carbonyl (C=O) groups is 2. The van der Waals surface area contributed by atoms with Gasteiger partial charge in [0, 0.05) is 11.9 Å². The monoisotopic (exact) mass is 355 g/mol. The van der Waals surface area contributed by atoms with Crippen molar-refractivity contribution in [1.82, 2.24) is 0 Å². The minimum absolute atomic E-state index is 0.115. The number of hydrogen-bond donors (Lipinski definition) is 0. The van der Waals surface area contributed by atoms with E-state index in [4.69, 9.17) is 9.47 Å². The second kappa shape index (κ2) is 7.03. The number of amides is 1. The molecule has 0 saturated carbocycles. The molecule has 0 aromatic heterocycles. The summed E-state index contributed by atoms with van der Waals surface area (Å²) in [4.78, 5) is 27.4. The number of likely N-dealkylation sites (N-methyl/N-ethyl adjacent to an activating group) is 1. The number of rotatable bonds is 3. The van der Waals surface area contributed by atoms with Crippen molar-refractivity contribution in [3.63, 3.8) is 0 Å². The summed E-state index contributed by atoms with van der Waals surface area (Å²) in [6, 6.07) is 12.7. The molecule has 0 N–H and O–H groups in total. The van der Waals surface area contributed by atoms with Crippen molar-refractivity contribution < 1.29 is 19.1 Å². The summed E-state index contributed by atoms with van der Waals surface area (Å²) in [6.45, 7) is 0. The summed E-state index contributed by atoms with van der Waals surface area (Å²) >= 11 is 1.39. The maximum atomic E-state index is 12.7. The molecule has 25 heavy (non-hydrogen) atoms. The van der Waals surface area contributed by atoms with Gasteiger partial charge in [-0.2, -0.15) is 0 Å². The molecular weight excluding hydrogens is 338 g/mol. The topological polar surface area (TPSA) is 55.8 Å². The Morgan fingerprint density at radius 1 is 1.12 bits per heavy atom. The van der Waals surface area contributed by atoms with Crippen molar-refractivity contribution in [2.75, 3.05) is 26.2 Å².